The molecule has 1 amide bonds. The van der Waals surface area contributed by atoms with Crippen LogP contribution in [0.2, 0.25) is 0 Å². The number of carbonyl (C=O) groups excluding carboxylic acids is 2. The largest absolute Gasteiger partial charge is 0.426 e. The Hall–Kier alpha value is -2.82. The summed E-state index contributed by atoms with van der Waals surface area (Å²) in [5, 5.41) is 2.73. The van der Waals surface area contributed by atoms with E-state index >= 15 is 0 Å². The zero-order valence-corrected chi connectivity index (χ0v) is 15.3. The van der Waals surface area contributed by atoms with Gasteiger partial charge in [-0.3, -0.25) is 4.79 Å². The summed E-state index contributed by atoms with van der Waals surface area (Å²) in [7, 11) is 0. The maximum atomic E-state index is 12.0. The number of hydrogen-bond donors (Lipinski definition) is 1. The Bertz CT molecular complexity index is 742. The Morgan fingerprint density at radius 2 is 1.42 bits per heavy atom. The van der Waals surface area contributed by atoms with E-state index in [-0.39, 0.29) is 5.97 Å². The van der Waals surface area contributed by atoms with Gasteiger partial charge in [-0.1, -0.05) is 56.7 Å². The summed E-state index contributed by atoms with van der Waals surface area (Å²) in [5.74, 6) is 0.588. The minimum atomic E-state index is -0.494. The van der Waals surface area contributed by atoms with Crippen LogP contribution in [0, 0.1) is 0 Å². The zero-order valence-electron chi connectivity index (χ0n) is 15.3. The van der Waals surface area contributed by atoms with Crippen LogP contribution in [0.4, 0.5) is 4.79 Å². The maximum absolute atomic E-state index is 12.0. The van der Waals surface area contributed by atoms with Gasteiger partial charge < -0.3 is 14.8 Å². The third-order valence-corrected chi connectivity index (χ3v) is 3.74. The molecule has 0 atom stereocenters. The van der Waals surface area contributed by atoms with Crippen molar-refractivity contribution >= 4 is 12.1 Å². The van der Waals surface area contributed by atoms with Gasteiger partial charge in [-0.15, -0.1) is 0 Å². The van der Waals surface area contributed by atoms with E-state index in [1.165, 1.54) is 0 Å². The average Bonchev–Trinajstić information content (AvgIpc) is 2.63. The summed E-state index contributed by atoms with van der Waals surface area (Å²) in [6.45, 7) is 4.55. The molecule has 0 aliphatic carbocycles. The number of esters is 1. The molecule has 0 aromatic heterocycles. The first-order valence-electron chi connectivity index (χ1n) is 9.00. The van der Waals surface area contributed by atoms with Crippen molar-refractivity contribution < 1.29 is 19.1 Å². The van der Waals surface area contributed by atoms with Gasteiger partial charge in [0.05, 0.1) is 0 Å². The normalized spacial score (nSPS) is 10.2. The Labute approximate surface area is 154 Å². The molecule has 5 heteroatoms. The molecule has 0 bridgehead atoms. The van der Waals surface area contributed by atoms with E-state index in [1.54, 1.807) is 24.3 Å². The molecule has 2 aromatic carbocycles. The summed E-state index contributed by atoms with van der Waals surface area (Å²) in [6, 6.07) is 14.4. The molecule has 1 N–H and O–H groups in total. The molecule has 0 aliphatic heterocycles. The number of hydrogen-bond acceptors (Lipinski definition) is 4. The van der Waals surface area contributed by atoms with Crippen molar-refractivity contribution in [2.75, 3.05) is 6.54 Å². The van der Waals surface area contributed by atoms with E-state index < -0.39 is 6.09 Å². The van der Waals surface area contributed by atoms with Crippen molar-refractivity contribution in [1.29, 1.82) is 0 Å². The second kappa shape index (κ2) is 10.2. The fraction of sp³-hybridized carbons (Fsp3) is 0.333. The lowest BCUT2D eigenvalue weighted by Gasteiger charge is -2.14. The summed E-state index contributed by atoms with van der Waals surface area (Å²) >= 11 is 0. The molecule has 26 heavy (non-hydrogen) atoms. The third kappa shape index (κ3) is 5.62. The van der Waals surface area contributed by atoms with E-state index in [9.17, 15) is 9.59 Å². The molecule has 0 unspecified atom stereocenters. The number of carbonyl (C=O) groups is 2. The summed E-state index contributed by atoms with van der Waals surface area (Å²) in [4.78, 5) is 23.9. The van der Waals surface area contributed by atoms with Gasteiger partial charge in [0.2, 0.25) is 0 Å². The van der Waals surface area contributed by atoms with Crippen LogP contribution < -0.4 is 14.8 Å². The fourth-order valence-electron chi connectivity index (χ4n) is 2.44. The minimum absolute atomic E-state index is 0.282. The molecule has 0 saturated heterocycles. The van der Waals surface area contributed by atoms with E-state index in [0.717, 1.165) is 19.3 Å². The third-order valence-electron chi connectivity index (χ3n) is 3.74. The number of para-hydroxylation sites is 2. The Balaban J connectivity index is 2.24. The highest BCUT2D eigenvalue weighted by atomic mass is 16.6. The number of ether oxygens (including phenoxy) is 2. The van der Waals surface area contributed by atoms with Gasteiger partial charge in [-0.05, 0) is 25.0 Å². The van der Waals surface area contributed by atoms with Gasteiger partial charge in [0.15, 0.2) is 0 Å². The van der Waals surface area contributed by atoms with Gasteiger partial charge in [-0.2, -0.15) is 0 Å². The van der Waals surface area contributed by atoms with Crippen LogP contribution in [0.1, 0.15) is 39.5 Å². The van der Waals surface area contributed by atoms with Crippen LogP contribution in [0.15, 0.2) is 48.5 Å². The van der Waals surface area contributed by atoms with Gasteiger partial charge in [0.1, 0.15) is 11.5 Å². The Morgan fingerprint density at radius 1 is 0.846 bits per heavy atom. The lowest BCUT2D eigenvalue weighted by molar-refractivity contribution is -0.134. The van der Waals surface area contributed by atoms with Crippen LogP contribution in [-0.4, -0.2) is 18.6 Å². The molecule has 138 valence electrons. The molecule has 2 aromatic rings. The molecule has 0 aliphatic rings. The molecule has 2 rings (SSSR count). The van der Waals surface area contributed by atoms with Crippen LogP contribution >= 0.6 is 0 Å². The monoisotopic (exact) mass is 355 g/mol. The van der Waals surface area contributed by atoms with E-state index in [0.29, 0.717) is 35.6 Å². The van der Waals surface area contributed by atoms with Crippen LogP contribution in [0.5, 0.6) is 11.5 Å². The van der Waals surface area contributed by atoms with Gasteiger partial charge in [-0.25, -0.2) is 4.79 Å². The maximum Gasteiger partial charge on any atom is 0.412 e. The number of unbranched alkanes of at least 4 members (excludes halogenated alkanes) is 1. The highest BCUT2D eigenvalue weighted by molar-refractivity contribution is 5.82. The molecule has 0 saturated carbocycles. The first kappa shape index (κ1) is 19.5. The highest BCUT2D eigenvalue weighted by Gasteiger charge is 2.15. The number of amides is 1. The molecule has 0 fully saturated rings. The molecular weight excluding hydrogens is 330 g/mol. The highest BCUT2D eigenvalue weighted by Crippen LogP contribution is 2.36. The average molecular weight is 355 g/mol. The van der Waals surface area contributed by atoms with E-state index in [2.05, 4.69) is 12.2 Å². The van der Waals surface area contributed by atoms with Crippen LogP contribution in [0.25, 0.3) is 11.1 Å². The van der Waals surface area contributed by atoms with Crippen LogP contribution in [-0.2, 0) is 4.79 Å². The summed E-state index contributed by atoms with van der Waals surface area (Å²) in [5.41, 5.74) is 1.40. The van der Waals surface area contributed by atoms with Crippen molar-refractivity contribution in [3.8, 4) is 22.6 Å². The van der Waals surface area contributed by atoms with E-state index in [4.69, 9.17) is 9.47 Å². The number of benzene rings is 2. The van der Waals surface area contributed by atoms with Crippen molar-refractivity contribution in [3.05, 3.63) is 48.5 Å². The Morgan fingerprint density at radius 3 is 2.00 bits per heavy atom. The first-order valence-corrected chi connectivity index (χ1v) is 9.00. The Kier molecular flexibility index (Phi) is 7.68. The second-order valence-corrected chi connectivity index (χ2v) is 5.89. The van der Waals surface area contributed by atoms with Crippen molar-refractivity contribution in [1.82, 2.24) is 5.32 Å². The lowest BCUT2D eigenvalue weighted by atomic mass is 10.0. The standard InChI is InChI=1S/C21H25NO4/c1-3-5-15-22-21(24)26-19-14-9-7-12-17(19)16-11-6-8-13-18(16)25-20(23)10-4-2/h6-9,11-14H,3-5,10,15H2,1-2H3,(H,22,24). The van der Waals surface area contributed by atoms with Gasteiger partial charge in [0.25, 0.3) is 0 Å². The molecular formula is C21H25NO4. The first-order chi connectivity index (χ1) is 12.7. The molecule has 0 heterocycles. The van der Waals surface area contributed by atoms with Crippen LogP contribution in [0.3, 0.4) is 0 Å². The SMILES string of the molecule is CCCCNC(=O)Oc1ccccc1-c1ccccc1OC(=O)CCC. The van der Waals surface area contributed by atoms with Gasteiger partial charge in [0, 0.05) is 24.1 Å². The lowest BCUT2D eigenvalue weighted by Crippen LogP contribution is -2.27. The van der Waals surface area contributed by atoms with Crippen molar-refractivity contribution in [2.45, 2.75) is 39.5 Å². The summed E-state index contributed by atoms with van der Waals surface area (Å²) < 4.78 is 10.9. The number of nitrogens with one attached hydrogen (secondary N) is 1. The molecule has 0 radical (unpaired) electrons. The molecule has 0 spiro atoms. The molecule has 5 nitrogen and oxygen atoms in total. The topological polar surface area (TPSA) is 64.6 Å². The van der Waals surface area contributed by atoms with Gasteiger partial charge >= 0.3 is 12.1 Å². The fourth-order valence-corrected chi connectivity index (χ4v) is 2.44. The van der Waals surface area contributed by atoms with Crippen molar-refractivity contribution in [2.24, 2.45) is 0 Å². The van der Waals surface area contributed by atoms with Crippen molar-refractivity contribution in [3.63, 3.8) is 0 Å². The smallest absolute Gasteiger partial charge is 0.412 e. The minimum Gasteiger partial charge on any atom is -0.426 e. The summed E-state index contributed by atoms with van der Waals surface area (Å²) in [6.07, 6.45) is 2.47. The predicted octanol–water partition coefficient (Wildman–Crippen LogP) is 4.95. The zero-order chi connectivity index (χ0) is 18.8. The van der Waals surface area contributed by atoms with E-state index in [1.807, 2.05) is 31.2 Å². The quantitative estimate of drug-likeness (QED) is 0.413. The predicted molar refractivity (Wildman–Crippen MR) is 101 cm³/mol. The number of rotatable bonds is 8. The second-order valence-electron chi connectivity index (χ2n) is 5.89.